The number of carbonyl (C=O) groups is 2. The van der Waals surface area contributed by atoms with Gasteiger partial charge in [-0.3, -0.25) is 14.9 Å². The van der Waals surface area contributed by atoms with Crippen LogP contribution in [0.5, 0.6) is 0 Å². The van der Waals surface area contributed by atoms with E-state index in [0.717, 1.165) is 19.3 Å². The molecular weight excluding hydrogens is 284 g/mol. The van der Waals surface area contributed by atoms with Gasteiger partial charge in [-0.15, -0.1) is 0 Å². The van der Waals surface area contributed by atoms with Crippen LogP contribution < -0.4 is 10.6 Å². The lowest BCUT2D eigenvalue weighted by atomic mass is 9.86. The third-order valence-electron chi connectivity index (χ3n) is 4.68. The Balaban J connectivity index is 2.88. The average molecular weight is 314 g/mol. The van der Waals surface area contributed by atoms with E-state index in [0.29, 0.717) is 18.9 Å². The molecule has 22 heavy (non-hydrogen) atoms. The molecule has 6 nitrogen and oxygen atoms in total. The second-order valence-electron chi connectivity index (χ2n) is 6.26. The van der Waals surface area contributed by atoms with Gasteiger partial charge >= 0.3 is 5.97 Å². The first-order chi connectivity index (χ1) is 10.4. The maximum Gasteiger partial charge on any atom is 0.320 e. The third kappa shape index (κ3) is 5.25. The van der Waals surface area contributed by atoms with Crippen molar-refractivity contribution in [2.24, 2.45) is 11.8 Å². The minimum Gasteiger partial charge on any atom is -0.480 e. The van der Waals surface area contributed by atoms with Crippen LogP contribution in [0.4, 0.5) is 0 Å². The molecule has 1 heterocycles. The van der Waals surface area contributed by atoms with Gasteiger partial charge in [-0.1, -0.05) is 26.7 Å². The molecule has 3 N–H and O–H groups in total. The molecule has 0 radical (unpaired) electrons. The van der Waals surface area contributed by atoms with E-state index < -0.39 is 12.0 Å². The number of hydrogen-bond donors (Lipinski definition) is 3. The van der Waals surface area contributed by atoms with Crippen molar-refractivity contribution < 1.29 is 19.4 Å². The Kier molecular flexibility index (Phi) is 7.82. The Morgan fingerprint density at radius 2 is 2.00 bits per heavy atom. The quantitative estimate of drug-likeness (QED) is 0.599. The van der Waals surface area contributed by atoms with E-state index in [2.05, 4.69) is 24.5 Å². The van der Waals surface area contributed by atoms with Crippen LogP contribution >= 0.6 is 0 Å². The third-order valence-corrected chi connectivity index (χ3v) is 4.68. The first kappa shape index (κ1) is 18.9. The van der Waals surface area contributed by atoms with Crippen molar-refractivity contribution in [3.05, 3.63) is 0 Å². The van der Waals surface area contributed by atoms with E-state index in [4.69, 9.17) is 4.74 Å². The lowest BCUT2D eigenvalue weighted by molar-refractivity contribution is -0.139. The molecule has 0 aliphatic carbocycles. The summed E-state index contributed by atoms with van der Waals surface area (Å²) in [5, 5.41) is 15.5. The normalized spacial score (nSPS) is 26.1. The fourth-order valence-electron chi connectivity index (χ4n) is 3.43. The molecule has 0 aromatic carbocycles. The van der Waals surface area contributed by atoms with E-state index in [1.807, 2.05) is 0 Å². The van der Waals surface area contributed by atoms with Gasteiger partial charge in [-0.05, 0) is 18.8 Å². The van der Waals surface area contributed by atoms with Crippen LogP contribution in [0, 0.1) is 11.8 Å². The van der Waals surface area contributed by atoms with Crippen molar-refractivity contribution in [2.45, 2.75) is 64.6 Å². The van der Waals surface area contributed by atoms with Crippen LogP contribution in [-0.2, 0) is 14.3 Å². The van der Waals surface area contributed by atoms with Crippen molar-refractivity contribution in [2.75, 3.05) is 13.7 Å². The molecule has 6 heteroatoms. The van der Waals surface area contributed by atoms with Gasteiger partial charge in [0.1, 0.15) is 6.04 Å². The van der Waals surface area contributed by atoms with E-state index in [1.165, 1.54) is 6.92 Å². The highest BCUT2D eigenvalue weighted by molar-refractivity contribution is 5.74. The average Bonchev–Trinajstić information content (AvgIpc) is 2.87. The second-order valence-corrected chi connectivity index (χ2v) is 6.26. The number of amides is 1. The van der Waals surface area contributed by atoms with Crippen LogP contribution in [0.3, 0.4) is 0 Å². The smallest absolute Gasteiger partial charge is 0.320 e. The highest BCUT2D eigenvalue weighted by Crippen LogP contribution is 2.27. The lowest BCUT2D eigenvalue weighted by Gasteiger charge is -2.31. The molecule has 1 aliphatic heterocycles. The van der Waals surface area contributed by atoms with Crippen LogP contribution in [0.2, 0.25) is 0 Å². The minimum absolute atomic E-state index is 0.0631. The Bertz CT molecular complexity index is 371. The summed E-state index contributed by atoms with van der Waals surface area (Å²) in [6, 6.07) is -0.694. The molecule has 0 aromatic rings. The molecule has 4 atom stereocenters. The zero-order valence-electron chi connectivity index (χ0n) is 14.1. The van der Waals surface area contributed by atoms with E-state index in [9.17, 15) is 14.7 Å². The Morgan fingerprint density at radius 3 is 2.45 bits per heavy atom. The first-order valence-corrected chi connectivity index (χ1v) is 8.17. The first-order valence-electron chi connectivity index (χ1n) is 8.17. The molecule has 0 unspecified atom stereocenters. The standard InChI is InChI=1S/C16H30N2O4/c1-5-11(6-2)7-13(17-10(3)19)15-12(9-22-4)8-14(18-15)16(20)21/h11-15,18H,5-9H2,1-4H3,(H,17,19)(H,20,21)/t12-,13-,14+,15+/m0/s1. The summed E-state index contributed by atoms with van der Waals surface area (Å²) in [5.74, 6) is -0.302. The molecule has 0 aromatic heterocycles. The lowest BCUT2D eigenvalue weighted by Crippen LogP contribution is -2.52. The Labute approximate surface area is 133 Å². The zero-order valence-corrected chi connectivity index (χ0v) is 14.1. The Morgan fingerprint density at radius 1 is 1.36 bits per heavy atom. The van der Waals surface area contributed by atoms with Gasteiger partial charge in [0, 0.05) is 32.0 Å². The number of hydrogen-bond acceptors (Lipinski definition) is 4. The van der Waals surface area contributed by atoms with Crippen LogP contribution in [0.1, 0.15) is 46.5 Å². The van der Waals surface area contributed by atoms with Crippen LogP contribution in [-0.4, -0.2) is 48.8 Å². The summed E-state index contributed by atoms with van der Waals surface area (Å²) in [7, 11) is 1.62. The predicted molar refractivity (Wildman–Crippen MR) is 84.6 cm³/mol. The van der Waals surface area contributed by atoms with Gasteiger partial charge in [0.05, 0.1) is 6.61 Å². The molecule has 0 bridgehead atoms. The van der Waals surface area contributed by atoms with Gasteiger partial charge in [0.25, 0.3) is 0 Å². The van der Waals surface area contributed by atoms with Crippen LogP contribution in [0.25, 0.3) is 0 Å². The second kappa shape index (κ2) is 9.10. The predicted octanol–water partition coefficient (Wildman–Crippen LogP) is 1.40. The molecule has 0 saturated carbocycles. The van der Waals surface area contributed by atoms with Gasteiger partial charge < -0.3 is 15.2 Å². The van der Waals surface area contributed by atoms with E-state index in [-0.39, 0.29) is 23.9 Å². The highest BCUT2D eigenvalue weighted by atomic mass is 16.5. The van der Waals surface area contributed by atoms with E-state index >= 15 is 0 Å². The number of carboxylic acid groups (broad SMARTS) is 1. The van der Waals surface area contributed by atoms with Crippen molar-refractivity contribution in [3.8, 4) is 0 Å². The van der Waals surface area contributed by atoms with Crippen molar-refractivity contribution in [1.82, 2.24) is 10.6 Å². The van der Waals surface area contributed by atoms with Gasteiger partial charge in [0.15, 0.2) is 0 Å². The number of methoxy groups -OCH3 is 1. The number of rotatable bonds is 9. The number of carbonyl (C=O) groups excluding carboxylic acids is 1. The van der Waals surface area contributed by atoms with Gasteiger partial charge in [-0.25, -0.2) is 0 Å². The maximum absolute atomic E-state index is 11.6. The number of carboxylic acids is 1. The molecule has 1 rings (SSSR count). The summed E-state index contributed by atoms with van der Waals surface area (Å²) in [6.45, 7) is 6.30. The largest absolute Gasteiger partial charge is 0.480 e. The monoisotopic (exact) mass is 314 g/mol. The molecule has 1 saturated heterocycles. The zero-order chi connectivity index (χ0) is 16.7. The SMILES string of the molecule is CCC(CC)C[C@H](NC(C)=O)[C@@H]1N[C@@H](C(=O)O)C[C@H]1COC. The summed E-state index contributed by atoms with van der Waals surface area (Å²) >= 11 is 0. The van der Waals surface area contributed by atoms with Crippen molar-refractivity contribution >= 4 is 11.9 Å². The molecule has 0 spiro atoms. The molecule has 1 aliphatic rings. The highest BCUT2D eigenvalue weighted by Gasteiger charge is 2.41. The van der Waals surface area contributed by atoms with Gasteiger partial charge in [0.2, 0.25) is 5.91 Å². The molecule has 128 valence electrons. The molecular formula is C16H30N2O4. The van der Waals surface area contributed by atoms with Crippen molar-refractivity contribution in [1.29, 1.82) is 0 Å². The molecule has 1 fully saturated rings. The summed E-state index contributed by atoms with van der Waals surface area (Å²) in [6.07, 6.45) is 3.50. The van der Waals surface area contributed by atoms with Crippen molar-refractivity contribution in [3.63, 3.8) is 0 Å². The number of nitrogens with one attached hydrogen (secondary N) is 2. The van der Waals surface area contributed by atoms with Crippen LogP contribution in [0.15, 0.2) is 0 Å². The summed E-state index contributed by atoms with van der Waals surface area (Å²) < 4.78 is 5.25. The van der Waals surface area contributed by atoms with Gasteiger partial charge in [-0.2, -0.15) is 0 Å². The summed E-state index contributed by atoms with van der Waals surface area (Å²) in [4.78, 5) is 22.8. The number of ether oxygens (including phenoxy) is 1. The topological polar surface area (TPSA) is 87.7 Å². The fourth-order valence-corrected chi connectivity index (χ4v) is 3.43. The van der Waals surface area contributed by atoms with E-state index in [1.54, 1.807) is 7.11 Å². The summed E-state index contributed by atoms with van der Waals surface area (Å²) in [5.41, 5.74) is 0. The number of aliphatic carboxylic acids is 1. The Hall–Kier alpha value is -1.14. The minimum atomic E-state index is -0.840. The fraction of sp³-hybridized carbons (Fsp3) is 0.875. The molecule has 1 amide bonds. The maximum atomic E-state index is 11.6.